The van der Waals surface area contributed by atoms with Crippen molar-refractivity contribution in [1.82, 2.24) is 0 Å². The van der Waals surface area contributed by atoms with Gasteiger partial charge < -0.3 is 25.2 Å². The second-order valence-electron chi connectivity index (χ2n) is 4.81. The average Bonchev–Trinajstić information content (AvgIpc) is 2.46. The van der Waals surface area contributed by atoms with Gasteiger partial charge >= 0.3 is 0 Å². The molecule has 1 heterocycles. The maximum Gasteiger partial charge on any atom is 0.200 e. The molecule has 2 aromatic rings. The molecule has 20 heavy (non-hydrogen) atoms. The number of hydrogen-bond donors (Lipinski definition) is 4. The zero-order valence-electron chi connectivity index (χ0n) is 10.6. The molecule has 0 aliphatic carbocycles. The van der Waals surface area contributed by atoms with Gasteiger partial charge in [0.1, 0.15) is 6.10 Å². The summed E-state index contributed by atoms with van der Waals surface area (Å²) in [4.78, 5) is 0. The molecule has 1 aliphatic heterocycles. The number of benzene rings is 2. The molecule has 4 N–H and O–H groups in total. The summed E-state index contributed by atoms with van der Waals surface area (Å²) in [5, 5.41) is 38.2. The van der Waals surface area contributed by atoms with Crippen LogP contribution in [0.4, 0.5) is 0 Å². The molecule has 0 amide bonds. The van der Waals surface area contributed by atoms with Crippen LogP contribution in [-0.2, 0) is 6.42 Å². The first-order valence-electron chi connectivity index (χ1n) is 6.28. The number of phenolic OH excluding ortho intramolecular Hbond substituents is 4. The molecule has 1 aliphatic rings. The van der Waals surface area contributed by atoms with Crippen LogP contribution in [0.3, 0.4) is 0 Å². The van der Waals surface area contributed by atoms with E-state index in [4.69, 9.17) is 4.74 Å². The fourth-order valence-corrected chi connectivity index (χ4v) is 2.39. The molecule has 5 nitrogen and oxygen atoms in total. The molecular weight excluding hydrogens is 260 g/mol. The third kappa shape index (κ3) is 1.97. The summed E-state index contributed by atoms with van der Waals surface area (Å²) in [6.07, 6.45) is 1.03. The highest BCUT2D eigenvalue weighted by Gasteiger charge is 2.25. The molecule has 0 radical (unpaired) electrons. The van der Waals surface area contributed by atoms with Crippen LogP contribution in [0.1, 0.15) is 23.7 Å². The highest BCUT2D eigenvalue weighted by atomic mass is 16.5. The SMILES string of the molecule is Oc1ccc([C@@H]2CCc3ccc(O)c(O)c3O2)cc1O. The minimum atomic E-state index is -0.346. The van der Waals surface area contributed by atoms with Gasteiger partial charge in [0.15, 0.2) is 23.0 Å². The summed E-state index contributed by atoms with van der Waals surface area (Å²) in [7, 11) is 0. The molecule has 0 spiro atoms. The van der Waals surface area contributed by atoms with Gasteiger partial charge in [-0.1, -0.05) is 12.1 Å². The van der Waals surface area contributed by atoms with Crippen molar-refractivity contribution in [2.75, 3.05) is 0 Å². The Labute approximate surface area is 115 Å². The number of phenols is 4. The van der Waals surface area contributed by atoms with Crippen molar-refractivity contribution in [1.29, 1.82) is 0 Å². The summed E-state index contributed by atoms with van der Waals surface area (Å²) in [6, 6.07) is 7.64. The Kier molecular flexibility index (Phi) is 2.82. The van der Waals surface area contributed by atoms with E-state index >= 15 is 0 Å². The van der Waals surface area contributed by atoms with Crippen LogP contribution >= 0.6 is 0 Å². The Hall–Kier alpha value is -2.56. The molecule has 0 saturated carbocycles. The van der Waals surface area contributed by atoms with E-state index < -0.39 is 0 Å². The molecule has 0 unspecified atom stereocenters. The zero-order chi connectivity index (χ0) is 14.3. The third-order valence-electron chi connectivity index (χ3n) is 3.50. The van der Waals surface area contributed by atoms with E-state index in [-0.39, 0.29) is 34.9 Å². The Morgan fingerprint density at radius 2 is 1.65 bits per heavy atom. The lowest BCUT2D eigenvalue weighted by Gasteiger charge is -2.27. The molecule has 3 rings (SSSR count). The number of fused-ring (bicyclic) bond motifs is 1. The highest BCUT2D eigenvalue weighted by molar-refractivity contribution is 5.55. The van der Waals surface area contributed by atoms with Crippen molar-refractivity contribution < 1.29 is 25.2 Å². The minimum Gasteiger partial charge on any atom is -0.504 e. The van der Waals surface area contributed by atoms with Gasteiger partial charge in [-0.3, -0.25) is 0 Å². The van der Waals surface area contributed by atoms with Crippen LogP contribution in [0, 0.1) is 0 Å². The van der Waals surface area contributed by atoms with Gasteiger partial charge in [-0.05, 0) is 42.2 Å². The largest absolute Gasteiger partial charge is 0.504 e. The number of hydrogen-bond acceptors (Lipinski definition) is 5. The van der Waals surface area contributed by atoms with Gasteiger partial charge in [-0.15, -0.1) is 0 Å². The molecule has 0 fully saturated rings. The van der Waals surface area contributed by atoms with Gasteiger partial charge in [0.2, 0.25) is 5.75 Å². The maximum absolute atomic E-state index is 9.84. The maximum atomic E-state index is 9.84. The number of rotatable bonds is 1. The fraction of sp³-hybridized carbons (Fsp3) is 0.200. The minimum absolute atomic E-state index is 0.189. The van der Waals surface area contributed by atoms with E-state index in [1.165, 1.54) is 18.2 Å². The van der Waals surface area contributed by atoms with E-state index in [1.54, 1.807) is 12.1 Å². The smallest absolute Gasteiger partial charge is 0.200 e. The van der Waals surface area contributed by atoms with Gasteiger partial charge in [0.25, 0.3) is 0 Å². The molecule has 5 heteroatoms. The average molecular weight is 274 g/mol. The summed E-state index contributed by atoms with van der Waals surface area (Å²) in [5.74, 6) is -0.621. The van der Waals surface area contributed by atoms with E-state index in [0.717, 1.165) is 5.56 Å². The number of ether oxygens (including phenoxy) is 1. The lowest BCUT2D eigenvalue weighted by atomic mass is 9.96. The lowest BCUT2D eigenvalue weighted by Crippen LogP contribution is -2.15. The van der Waals surface area contributed by atoms with E-state index in [9.17, 15) is 20.4 Å². The van der Waals surface area contributed by atoms with Crippen molar-refractivity contribution in [2.45, 2.75) is 18.9 Å². The Morgan fingerprint density at radius 1 is 0.900 bits per heavy atom. The molecule has 0 saturated heterocycles. The molecular formula is C15H14O5. The van der Waals surface area contributed by atoms with Crippen LogP contribution in [0.5, 0.6) is 28.7 Å². The fourth-order valence-electron chi connectivity index (χ4n) is 2.39. The van der Waals surface area contributed by atoms with Gasteiger partial charge in [-0.2, -0.15) is 0 Å². The van der Waals surface area contributed by atoms with Crippen molar-refractivity contribution in [2.24, 2.45) is 0 Å². The molecule has 1 atom stereocenters. The highest BCUT2D eigenvalue weighted by Crippen LogP contribution is 2.45. The summed E-state index contributed by atoms with van der Waals surface area (Å²) < 4.78 is 5.72. The topological polar surface area (TPSA) is 90.2 Å². The first kappa shape index (κ1) is 12.5. The Balaban J connectivity index is 1.95. The zero-order valence-corrected chi connectivity index (χ0v) is 10.6. The first-order valence-corrected chi connectivity index (χ1v) is 6.28. The molecule has 0 aromatic heterocycles. The molecule has 104 valence electrons. The van der Waals surface area contributed by atoms with Crippen molar-refractivity contribution in [3.8, 4) is 28.7 Å². The molecule has 0 bridgehead atoms. The van der Waals surface area contributed by atoms with Gasteiger partial charge in [0, 0.05) is 0 Å². The van der Waals surface area contributed by atoms with Crippen molar-refractivity contribution >= 4 is 0 Å². The summed E-state index contributed by atoms with van der Waals surface area (Å²) in [5.41, 5.74) is 1.54. The van der Waals surface area contributed by atoms with E-state index in [0.29, 0.717) is 18.4 Å². The summed E-state index contributed by atoms with van der Waals surface area (Å²) >= 11 is 0. The van der Waals surface area contributed by atoms with Crippen LogP contribution in [0.2, 0.25) is 0 Å². The lowest BCUT2D eigenvalue weighted by molar-refractivity contribution is 0.167. The normalized spacial score (nSPS) is 17.3. The first-order chi connectivity index (χ1) is 9.56. The predicted octanol–water partition coefficient (Wildman–Crippen LogP) is 2.58. The van der Waals surface area contributed by atoms with Crippen molar-refractivity contribution in [3.05, 3.63) is 41.5 Å². The van der Waals surface area contributed by atoms with Gasteiger partial charge in [-0.25, -0.2) is 0 Å². The number of aromatic hydroxyl groups is 4. The van der Waals surface area contributed by atoms with E-state index in [2.05, 4.69) is 0 Å². The van der Waals surface area contributed by atoms with Crippen LogP contribution in [0.15, 0.2) is 30.3 Å². The third-order valence-corrected chi connectivity index (χ3v) is 3.50. The predicted molar refractivity (Wildman–Crippen MR) is 71.2 cm³/mol. The van der Waals surface area contributed by atoms with Crippen LogP contribution in [0.25, 0.3) is 0 Å². The second-order valence-corrected chi connectivity index (χ2v) is 4.81. The van der Waals surface area contributed by atoms with Crippen molar-refractivity contribution in [3.63, 3.8) is 0 Å². The Bertz CT molecular complexity index is 666. The molecule has 2 aromatic carbocycles. The number of aryl methyl sites for hydroxylation is 1. The van der Waals surface area contributed by atoms with Gasteiger partial charge in [0.05, 0.1) is 0 Å². The monoisotopic (exact) mass is 274 g/mol. The standard InChI is InChI=1S/C15H14O5/c16-10-4-2-9(7-12(10)18)13-6-3-8-1-5-11(17)14(19)15(8)20-13/h1-2,4-5,7,13,16-19H,3,6H2/t13-/m0/s1. The second kappa shape index (κ2) is 4.52. The van der Waals surface area contributed by atoms with E-state index in [1.807, 2.05) is 0 Å². The quantitative estimate of drug-likeness (QED) is 0.600. The van der Waals surface area contributed by atoms with Crippen LogP contribution in [-0.4, -0.2) is 20.4 Å². The summed E-state index contributed by atoms with van der Waals surface area (Å²) in [6.45, 7) is 0. The Morgan fingerprint density at radius 3 is 2.40 bits per heavy atom. The van der Waals surface area contributed by atoms with Crippen LogP contribution < -0.4 is 4.74 Å².